The SMILES string of the molecule is CNc1cc(C(=O)NCc2cc(C)on2)ccc1[N+](=O)[O-]. The molecule has 0 fully saturated rings. The minimum absolute atomic E-state index is 0.0822. The first kappa shape index (κ1) is 14.5. The lowest BCUT2D eigenvalue weighted by Gasteiger charge is -2.06. The number of hydrogen-bond donors (Lipinski definition) is 2. The number of nitro groups is 1. The van der Waals surface area contributed by atoms with Gasteiger partial charge in [0.15, 0.2) is 0 Å². The Hall–Kier alpha value is -2.90. The van der Waals surface area contributed by atoms with Crippen molar-refractivity contribution in [2.45, 2.75) is 13.5 Å². The van der Waals surface area contributed by atoms with Gasteiger partial charge in [0.05, 0.1) is 11.5 Å². The maximum Gasteiger partial charge on any atom is 0.292 e. The number of aryl methyl sites for hydroxylation is 1. The van der Waals surface area contributed by atoms with Crippen LogP contribution < -0.4 is 10.6 Å². The van der Waals surface area contributed by atoms with Crippen molar-refractivity contribution in [3.63, 3.8) is 0 Å². The molecule has 0 unspecified atom stereocenters. The molecule has 0 saturated heterocycles. The molecule has 0 atom stereocenters. The Kier molecular flexibility index (Phi) is 4.17. The second-order valence-corrected chi connectivity index (χ2v) is 4.35. The summed E-state index contributed by atoms with van der Waals surface area (Å²) in [6, 6.07) is 5.85. The molecule has 8 nitrogen and oxygen atoms in total. The number of nitro benzene ring substituents is 1. The van der Waals surface area contributed by atoms with E-state index < -0.39 is 4.92 Å². The van der Waals surface area contributed by atoms with E-state index >= 15 is 0 Å². The second kappa shape index (κ2) is 6.04. The van der Waals surface area contributed by atoms with Gasteiger partial charge in [-0.05, 0) is 19.1 Å². The van der Waals surface area contributed by atoms with Crippen molar-refractivity contribution in [3.05, 3.63) is 51.4 Å². The summed E-state index contributed by atoms with van der Waals surface area (Å²) in [5, 5.41) is 20.0. The van der Waals surface area contributed by atoms with E-state index in [2.05, 4.69) is 15.8 Å². The van der Waals surface area contributed by atoms with Gasteiger partial charge in [0.1, 0.15) is 17.1 Å². The molecule has 0 bridgehead atoms. The van der Waals surface area contributed by atoms with Crippen LogP contribution in [0.4, 0.5) is 11.4 Å². The summed E-state index contributed by atoms with van der Waals surface area (Å²) >= 11 is 0. The molecule has 1 heterocycles. The molecule has 2 N–H and O–H groups in total. The smallest absolute Gasteiger partial charge is 0.292 e. The van der Waals surface area contributed by atoms with Gasteiger partial charge in [-0.3, -0.25) is 14.9 Å². The first-order valence-corrected chi connectivity index (χ1v) is 6.18. The summed E-state index contributed by atoms with van der Waals surface area (Å²) in [6.45, 7) is 1.98. The summed E-state index contributed by atoms with van der Waals surface area (Å²) in [4.78, 5) is 22.3. The Bertz CT molecular complexity index is 681. The van der Waals surface area contributed by atoms with Crippen molar-refractivity contribution in [1.82, 2.24) is 10.5 Å². The summed E-state index contributed by atoms with van der Waals surface area (Å²) < 4.78 is 4.89. The number of nitrogens with one attached hydrogen (secondary N) is 2. The van der Waals surface area contributed by atoms with Crippen molar-refractivity contribution >= 4 is 17.3 Å². The van der Waals surface area contributed by atoms with E-state index in [-0.39, 0.29) is 23.8 Å². The van der Waals surface area contributed by atoms with E-state index in [9.17, 15) is 14.9 Å². The largest absolute Gasteiger partial charge is 0.383 e. The van der Waals surface area contributed by atoms with Crippen molar-refractivity contribution < 1.29 is 14.2 Å². The van der Waals surface area contributed by atoms with Gasteiger partial charge in [0.2, 0.25) is 0 Å². The third-order valence-electron chi connectivity index (χ3n) is 2.83. The van der Waals surface area contributed by atoms with Crippen LogP contribution in [-0.2, 0) is 6.54 Å². The molecule has 110 valence electrons. The Morgan fingerprint density at radius 3 is 2.76 bits per heavy atom. The van der Waals surface area contributed by atoms with E-state index in [0.717, 1.165) is 0 Å². The van der Waals surface area contributed by atoms with Crippen molar-refractivity contribution in [2.75, 3.05) is 12.4 Å². The summed E-state index contributed by atoms with van der Waals surface area (Å²) in [5.74, 6) is 0.314. The fourth-order valence-electron chi connectivity index (χ4n) is 1.81. The number of rotatable bonds is 5. The highest BCUT2D eigenvalue weighted by Crippen LogP contribution is 2.24. The molecule has 2 rings (SSSR count). The molecule has 2 aromatic rings. The third kappa shape index (κ3) is 3.35. The summed E-state index contributed by atoms with van der Waals surface area (Å²) in [6.07, 6.45) is 0. The molecular weight excluding hydrogens is 276 g/mol. The highest BCUT2D eigenvalue weighted by molar-refractivity contribution is 5.95. The Morgan fingerprint density at radius 2 is 2.19 bits per heavy atom. The number of aromatic nitrogens is 1. The van der Waals surface area contributed by atoms with E-state index in [0.29, 0.717) is 17.0 Å². The molecule has 0 aliphatic carbocycles. The van der Waals surface area contributed by atoms with Gasteiger partial charge < -0.3 is 15.2 Å². The average Bonchev–Trinajstić information content (AvgIpc) is 2.89. The number of benzene rings is 1. The fraction of sp³-hybridized carbons (Fsp3) is 0.231. The predicted octanol–water partition coefficient (Wildman–Crippen LogP) is 1.86. The number of anilines is 1. The lowest BCUT2D eigenvalue weighted by molar-refractivity contribution is -0.383. The Labute approximate surface area is 120 Å². The minimum Gasteiger partial charge on any atom is -0.383 e. The maximum absolute atomic E-state index is 12.0. The standard InChI is InChI=1S/C13H14N4O4/c1-8-5-10(16-21-8)7-15-13(18)9-3-4-12(17(19)20)11(6-9)14-2/h3-6,14H,7H2,1-2H3,(H,15,18). The van der Waals surface area contributed by atoms with Crippen LogP contribution in [0.15, 0.2) is 28.8 Å². The molecule has 1 aromatic carbocycles. The van der Waals surface area contributed by atoms with Gasteiger partial charge in [-0.25, -0.2) is 0 Å². The van der Waals surface area contributed by atoms with Gasteiger partial charge in [0.25, 0.3) is 11.6 Å². The first-order valence-electron chi connectivity index (χ1n) is 6.18. The van der Waals surface area contributed by atoms with Crippen LogP contribution in [0.5, 0.6) is 0 Å². The number of nitrogens with zero attached hydrogens (tertiary/aromatic N) is 2. The van der Waals surface area contributed by atoms with Gasteiger partial charge in [-0.2, -0.15) is 0 Å². The highest BCUT2D eigenvalue weighted by Gasteiger charge is 2.16. The summed E-state index contributed by atoms with van der Waals surface area (Å²) in [7, 11) is 1.56. The topological polar surface area (TPSA) is 110 Å². The minimum atomic E-state index is -0.508. The molecule has 1 amide bonds. The van der Waals surface area contributed by atoms with Gasteiger partial charge >= 0.3 is 0 Å². The van der Waals surface area contributed by atoms with E-state index in [1.54, 1.807) is 20.0 Å². The molecule has 0 radical (unpaired) electrons. The third-order valence-corrected chi connectivity index (χ3v) is 2.83. The zero-order chi connectivity index (χ0) is 15.4. The molecule has 21 heavy (non-hydrogen) atoms. The van der Waals surface area contributed by atoms with Gasteiger partial charge in [0, 0.05) is 24.7 Å². The predicted molar refractivity (Wildman–Crippen MR) is 75.1 cm³/mol. The second-order valence-electron chi connectivity index (χ2n) is 4.35. The van der Waals surface area contributed by atoms with Crippen LogP contribution in [0, 0.1) is 17.0 Å². The Balaban J connectivity index is 2.10. The molecule has 0 spiro atoms. The van der Waals surface area contributed by atoms with Crippen LogP contribution >= 0.6 is 0 Å². The van der Waals surface area contributed by atoms with Crippen LogP contribution in [0.3, 0.4) is 0 Å². The number of carbonyl (C=O) groups is 1. The molecule has 8 heteroatoms. The first-order chi connectivity index (χ1) is 10.0. The lowest BCUT2D eigenvalue weighted by atomic mass is 10.1. The molecule has 0 saturated carbocycles. The highest BCUT2D eigenvalue weighted by atomic mass is 16.6. The quantitative estimate of drug-likeness (QED) is 0.642. The zero-order valence-corrected chi connectivity index (χ0v) is 11.5. The van der Waals surface area contributed by atoms with Crippen LogP contribution in [0.25, 0.3) is 0 Å². The molecule has 1 aromatic heterocycles. The van der Waals surface area contributed by atoms with Crippen molar-refractivity contribution in [3.8, 4) is 0 Å². The Morgan fingerprint density at radius 1 is 1.43 bits per heavy atom. The van der Waals surface area contributed by atoms with Gasteiger partial charge in [-0.1, -0.05) is 5.16 Å². The molecule has 0 aliphatic heterocycles. The van der Waals surface area contributed by atoms with E-state index in [4.69, 9.17) is 4.52 Å². The van der Waals surface area contributed by atoms with E-state index in [1.165, 1.54) is 18.2 Å². The normalized spacial score (nSPS) is 10.2. The van der Waals surface area contributed by atoms with Crippen LogP contribution in [0.2, 0.25) is 0 Å². The number of hydrogen-bond acceptors (Lipinski definition) is 6. The maximum atomic E-state index is 12.0. The van der Waals surface area contributed by atoms with Crippen molar-refractivity contribution in [2.24, 2.45) is 0 Å². The monoisotopic (exact) mass is 290 g/mol. The average molecular weight is 290 g/mol. The lowest BCUT2D eigenvalue weighted by Crippen LogP contribution is -2.23. The van der Waals surface area contributed by atoms with E-state index in [1.807, 2.05) is 0 Å². The number of amides is 1. The van der Waals surface area contributed by atoms with Crippen LogP contribution in [-0.4, -0.2) is 23.0 Å². The molecule has 0 aliphatic rings. The molecular formula is C13H14N4O4. The van der Waals surface area contributed by atoms with Crippen LogP contribution in [0.1, 0.15) is 21.8 Å². The fourth-order valence-corrected chi connectivity index (χ4v) is 1.81. The summed E-state index contributed by atoms with van der Waals surface area (Å²) in [5.41, 5.74) is 1.13. The number of carbonyl (C=O) groups excluding carboxylic acids is 1. The van der Waals surface area contributed by atoms with Gasteiger partial charge in [-0.15, -0.1) is 0 Å². The van der Waals surface area contributed by atoms with Crippen molar-refractivity contribution in [1.29, 1.82) is 0 Å². The zero-order valence-electron chi connectivity index (χ0n) is 11.5.